The summed E-state index contributed by atoms with van der Waals surface area (Å²) in [5, 5.41) is 8.39. The van der Waals surface area contributed by atoms with E-state index >= 15 is 0 Å². The van der Waals surface area contributed by atoms with E-state index in [0.29, 0.717) is 17.1 Å². The summed E-state index contributed by atoms with van der Waals surface area (Å²) in [6.07, 6.45) is 4.01. The van der Waals surface area contributed by atoms with Gasteiger partial charge in [-0.25, -0.2) is 0 Å². The van der Waals surface area contributed by atoms with Gasteiger partial charge in [-0.05, 0) is 42.7 Å². The molecule has 1 atom stereocenters. The predicted molar refractivity (Wildman–Crippen MR) is 150 cm³/mol. The summed E-state index contributed by atoms with van der Waals surface area (Å²) in [6.45, 7) is 9.45. The van der Waals surface area contributed by atoms with E-state index < -0.39 is 0 Å². The highest BCUT2D eigenvalue weighted by atomic mass is 32.2. The second kappa shape index (κ2) is 11.9. The summed E-state index contributed by atoms with van der Waals surface area (Å²) in [6, 6.07) is 13.1. The van der Waals surface area contributed by atoms with Crippen LogP contribution in [0.2, 0.25) is 0 Å². The number of anilines is 1. The van der Waals surface area contributed by atoms with Gasteiger partial charge in [-0.15, -0.1) is 0 Å². The van der Waals surface area contributed by atoms with Gasteiger partial charge < -0.3 is 20.1 Å². The molecule has 4 aliphatic rings. The fourth-order valence-electron chi connectivity index (χ4n) is 4.64. The zero-order valence-corrected chi connectivity index (χ0v) is 22.1. The minimum absolute atomic E-state index is 0.0735. The maximum absolute atomic E-state index is 13.0. The highest BCUT2D eigenvalue weighted by Crippen LogP contribution is 2.35. The smallest absolute Gasteiger partial charge is 0.255 e. The van der Waals surface area contributed by atoms with Crippen molar-refractivity contribution in [2.24, 2.45) is 9.98 Å². The van der Waals surface area contributed by atoms with Gasteiger partial charge in [0.25, 0.3) is 5.91 Å². The predicted octanol–water partition coefficient (Wildman–Crippen LogP) is 4.54. The van der Waals surface area contributed by atoms with Crippen molar-refractivity contribution in [3.63, 3.8) is 0 Å². The molecule has 0 spiro atoms. The second-order valence-corrected chi connectivity index (χ2v) is 9.95. The average molecular weight is 520 g/mol. The molecule has 37 heavy (non-hydrogen) atoms. The number of thioether (sulfide) groups is 1. The number of hydrogen-bond acceptors (Lipinski definition) is 8. The third-order valence-corrected chi connectivity index (χ3v) is 7.65. The molecule has 0 radical (unpaired) electrons. The number of benzene rings is 2. The highest BCUT2D eigenvalue weighted by molar-refractivity contribution is 8.27. The first-order valence-corrected chi connectivity index (χ1v) is 13.8. The van der Waals surface area contributed by atoms with Crippen LogP contribution in [-0.4, -0.2) is 66.5 Å². The van der Waals surface area contributed by atoms with E-state index in [2.05, 4.69) is 21.7 Å². The number of aliphatic imine (C=N–C) groups is 2. The lowest BCUT2D eigenvalue weighted by Gasteiger charge is -2.27. The van der Waals surface area contributed by atoms with Crippen molar-refractivity contribution in [1.29, 1.82) is 0 Å². The summed E-state index contributed by atoms with van der Waals surface area (Å²) in [7, 11) is 0. The van der Waals surface area contributed by atoms with Gasteiger partial charge in [0.15, 0.2) is 11.5 Å². The van der Waals surface area contributed by atoms with Crippen LogP contribution in [0.5, 0.6) is 11.5 Å². The number of carbonyl (C=O) groups excluding carboxylic acids is 1. The van der Waals surface area contributed by atoms with Gasteiger partial charge in [0.2, 0.25) is 6.79 Å². The monoisotopic (exact) mass is 519 g/mol. The maximum Gasteiger partial charge on any atom is 0.255 e. The van der Waals surface area contributed by atoms with E-state index in [0.717, 1.165) is 66.9 Å². The van der Waals surface area contributed by atoms with Crippen LogP contribution in [-0.2, 0) is 0 Å². The van der Waals surface area contributed by atoms with Crippen LogP contribution in [0.1, 0.15) is 42.6 Å². The first kappa shape index (κ1) is 25.5. The number of rotatable bonds is 5. The zero-order chi connectivity index (χ0) is 25.6. The van der Waals surface area contributed by atoms with Gasteiger partial charge in [-0.3, -0.25) is 19.7 Å². The Labute approximate surface area is 222 Å². The van der Waals surface area contributed by atoms with Gasteiger partial charge in [0, 0.05) is 50.1 Å². The molecule has 2 N–H and O–H groups in total. The fraction of sp³-hybridized carbons (Fsp3) is 0.393. The van der Waals surface area contributed by atoms with E-state index in [1.807, 2.05) is 38.1 Å². The molecular formula is C28H33N5O3S. The third-order valence-electron chi connectivity index (χ3n) is 6.55. The van der Waals surface area contributed by atoms with Crippen LogP contribution >= 0.6 is 11.8 Å². The standard InChI is InChI=1S/C26H27N5O3S.C2H6/c32-24(18-6-8-22-23(13-18)34-16-33-22)29-20-4-2-1-3-19(20)25-30-21-7-5-17(14-28-26(21)35-25)15-31-11-9-27-10-12-31;1-2/h1-4,6,8,13-14,21,27H,5,7,9-12,15-16H2,(H,29,32);1-2H3. The van der Waals surface area contributed by atoms with E-state index in [1.165, 1.54) is 5.57 Å². The molecule has 2 aromatic rings. The molecule has 1 amide bonds. The summed E-state index contributed by atoms with van der Waals surface area (Å²) in [5.74, 6) is 1.04. The summed E-state index contributed by atoms with van der Waals surface area (Å²) in [4.78, 5) is 25.3. The number of fused-ring (bicyclic) bond motifs is 2. The molecule has 4 aliphatic heterocycles. The largest absolute Gasteiger partial charge is 0.454 e. The fourth-order valence-corrected chi connectivity index (χ4v) is 5.72. The Hall–Kier alpha value is -3.14. The Balaban J connectivity index is 0.00000137. The van der Waals surface area contributed by atoms with Crippen molar-refractivity contribution >= 4 is 33.4 Å². The summed E-state index contributed by atoms with van der Waals surface area (Å²) < 4.78 is 10.8. The maximum atomic E-state index is 13.0. The number of nitrogens with one attached hydrogen (secondary N) is 2. The van der Waals surface area contributed by atoms with Gasteiger partial charge in [0.1, 0.15) is 16.1 Å². The minimum Gasteiger partial charge on any atom is -0.454 e. The topological polar surface area (TPSA) is 87.6 Å². The number of amides is 1. The van der Waals surface area contributed by atoms with Crippen molar-refractivity contribution < 1.29 is 14.3 Å². The third kappa shape index (κ3) is 5.89. The Morgan fingerprint density at radius 2 is 1.95 bits per heavy atom. The summed E-state index contributed by atoms with van der Waals surface area (Å²) >= 11 is 1.61. The number of para-hydroxylation sites is 1. The molecule has 9 heteroatoms. The van der Waals surface area contributed by atoms with Crippen LogP contribution in [0, 0.1) is 0 Å². The van der Waals surface area contributed by atoms with E-state index in [1.54, 1.807) is 30.0 Å². The van der Waals surface area contributed by atoms with Gasteiger partial charge >= 0.3 is 0 Å². The molecule has 0 saturated carbocycles. The molecule has 0 aromatic heterocycles. The number of ether oxygens (including phenoxy) is 2. The van der Waals surface area contributed by atoms with E-state index in [-0.39, 0.29) is 18.7 Å². The highest BCUT2D eigenvalue weighted by Gasteiger charge is 2.29. The van der Waals surface area contributed by atoms with Crippen molar-refractivity contribution in [3.8, 4) is 11.5 Å². The molecule has 8 nitrogen and oxygen atoms in total. The first-order chi connectivity index (χ1) is 18.2. The second-order valence-electron chi connectivity index (χ2n) is 8.94. The van der Waals surface area contributed by atoms with E-state index in [9.17, 15) is 4.79 Å². The zero-order valence-electron chi connectivity index (χ0n) is 21.3. The molecule has 1 unspecified atom stereocenters. The molecule has 4 heterocycles. The number of carbonyl (C=O) groups is 1. The molecule has 1 fully saturated rings. The number of piperazine rings is 1. The summed E-state index contributed by atoms with van der Waals surface area (Å²) in [5.41, 5.74) is 3.53. The van der Waals surface area contributed by atoms with Crippen LogP contribution in [0.25, 0.3) is 0 Å². The van der Waals surface area contributed by atoms with Crippen molar-refractivity contribution in [1.82, 2.24) is 10.2 Å². The van der Waals surface area contributed by atoms with Crippen LogP contribution in [0.4, 0.5) is 5.69 Å². The quantitative estimate of drug-likeness (QED) is 0.603. The molecule has 0 bridgehead atoms. The van der Waals surface area contributed by atoms with Gasteiger partial charge in [-0.2, -0.15) is 0 Å². The Bertz CT molecular complexity index is 1240. The van der Waals surface area contributed by atoms with Crippen LogP contribution in [0.15, 0.2) is 64.2 Å². The molecular weight excluding hydrogens is 486 g/mol. The average Bonchev–Trinajstić information content (AvgIpc) is 3.54. The lowest BCUT2D eigenvalue weighted by molar-refractivity contribution is 0.102. The van der Waals surface area contributed by atoms with Crippen LogP contribution < -0.4 is 20.1 Å². The van der Waals surface area contributed by atoms with Crippen molar-refractivity contribution in [3.05, 3.63) is 65.4 Å². The number of nitrogens with zero attached hydrogens (tertiary/aromatic N) is 3. The minimum atomic E-state index is -0.202. The molecule has 6 rings (SSSR count). The van der Waals surface area contributed by atoms with Gasteiger partial charge in [-0.1, -0.05) is 43.8 Å². The Kier molecular flexibility index (Phi) is 8.23. The van der Waals surface area contributed by atoms with Crippen molar-refractivity contribution in [2.75, 3.05) is 44.8 Å². The molecule has 194 valence electrons. The molecule has 1 saturated heterocycles. The first-order valence-electron chi connectivity index (χ1n) is 13.0. The SMILES string of the molecule is CC.O=C(Nc1ccccc1C1=NC2CCC(CN3CCNCC3)=CN=C2S1)c1ccc2c(c1)OCO2. The normalized spacial score (nSPS) is 20.5. The Morgan fingerprint density at radius 3 is 2.81 bits per heavy atom. The number of hydrogen-bond donors (Lipinski definition) is 2. The van der Waals surface area contributed by atoms with E-state index in [4.69, 9.17) is 19.5 Å². The Morgan fingerprint density at radius 1 is 1.14 bits per heavy atom. The lowest BCUT2D eigenvalue weighted by Crippen LogP contribution is -2.44. The lowest BCUT2D eigenvalue weighted by atomic mass is 10.1. The van der Waals surface area contributed by atoms with Gasteiger partial charge in [0.05, 0.1) is 5.69 Å². The molecule has 2 aromatic carbocycles. The van der Waals surface area contributed by atoms with Crippen molar-refractivity contribution in [2.45, 2.75) is 32.7 Å². The van der Waals surface area contributed by atoms with Crippen LogP contribution in [0.3, 0.4) is 0 Å². The molecule has 0 aliphatic carbocycles.